The van der Waals surface area contributed by atoms with Crippen LogP contribution in [0.2, 0.25) is 0 Å². The van der Waals surface area contributed by atoms with Gasteiger partial charge >= 0.3 is 0 Å². The molecule has 0 bridgehead atoms. The Labute approximate surface area is 127 Å². The van der Waals surface area contributed by atoms with Crippen molar-refractivity contribution in [3.05, 3.63) is 40.6 Å². The van der Waals surface area contributed by atoms with Crippen LogP contribution in [0, 0.1) is 10.1 Å². The minimum atomic E-state index is -0.359. The standard InChI is InChI=1S/C15H17N3O2S/c1-15(7-3-9-21-15)10-17-12-5-6-13(18(19)20)11-4-2-8-16-14(11)12/h2,4-6,8,17H,3,7,9-10H2,1H3. The number of nitro benzene ring substituents is 1. The average molecular weight is 303 g/mol. The van der Waals surface area contributed by atoms with Crippen LogP contribution in [-0.4, -0.2) is 27.0 Å². The molecule has 0 aliphatic carbocycles. The van der Waals surface area contributed by atoms with Crippen molar-refractivity contribution in [3.8, 4) is 0 Å². The minimum Gasteiger partial charge on any atom is -0.382 e. The molecule has 2 heterocycles. The fraction of sp³-hybridized carbons (Fsp3) is 0.400. The highest BCUT2D eigenvalue weighted by molar-refractivity contribution is 8.00. The van der Waals surface area contributed by atoms with Crippen LogP contribution in [0.5, 0.6) is 0 Å². The van der Waals surface area contributed by atoms with Crippen molar-refractivity contribution in [2.75, 3.05) is 17.6 Å². The van der Waals surface area contributed by atoms with Crippen molar-refractivity contribution in [2.24, 2.45) is 0 Å². The normalized spacial score (nSPS) is 21.6. The number of fused-ring (bicyclic) bond motifs is 1. The van der Waals surface area contributed by atoms with Gasteiger partial charge in [0.05, 0.1) is 16.0 Å². The molecule has 1 aromatic heterocycles. The fourth-order valence-electron chi connectivity index (χ4n) is 2.72. The van der Waals surface area contributed by atoms with Crippen LogP contribution in [0.1, 0.15) is 19.8 Å². The van der Waals surface area contributed by atoms with Crippen molar-refractivity contribution >= 4 is 34.0 Å². The zero-order chi connectivity index (χ0) is 14.9. The monoisotopic (exact) mass is 303 g/mol. The summed E-state index contributed by atoms with van der Waals surface area (Å²) in [7, 11) is 0. The number of pyridine rings is 1. The number of rotatable bonds is 4. The van der Waals surface area contributed by atoms with Crippen LogP contribution in [0.3, 0.4) is 0 Å². The first-order chi connectivity index (χ1) is 10.1. The molecule has 21 heavy (non-hydrogen) atoms. The smallest absolute Gasteiger partial charge is 0.278 e. The lowest BCUT2D eigenvalue weighted by Gasteiger charge is -2.23. The van der Waals surface area contributed by atoms with Crippen LogP contribution in [0.4, 0.5) is 11.4 Å². The molecule has 0 spiro atoms. The Morgan fingerprint density at radius 2 is 2.33 bits per heavy atom. The summed E-state index contributed by atoms with van der Waals surface area (Å²) in [6.45, 7) is 3.11. The highest BCUT2D eigenvalue weighted by Crippen LogP contribution is 2.38. The number of nitrogens with one attached hydrogen (secondary N) is 1. The first-order valence-corrected chi connectivity index (χ1v) is 7.98. The second-order valence-electron chi connectivity index (χ2n) is 5.54. The van der Waals surface area contributed by atoms with E-state index in [1.165, 1.54) is 18.6 Å². The second-order valence-corrected chi connectivity index (χ2v) is 7.23. The van der Waals surface area contributed by atoms with E-state index < -0.39 is 0 Å². The van der Waals surface area contributed by atoms with Crippen molar-refractivity contribution < 1.29 is 4.92 Å². The molecule has 1 saturated heterocycles. The van der Waals surface area contributed by atoms with Crippen LogP contribution in [0.25, 0.3) is 10.9 Å². The highest BCUT2D eigenvalue weighted by Gasteiger charge is 2.29. The predicted octanol–water partition coefficient (Wildman–Crippen LogP) is 3.84. The zero-order valence-corrected chi connectivity index (χ0v) is 12.7. The van der Waals surface area contributed by atoms with Gasteiger partial charge in [-0.2, -0.15) is 11.8 Å². The number of thioether (sulfide) groups is 1. The Balaban J connectivity index is 1.92. The summed E-state index contributed by atoms with van der Waals surface area (Å²) in [5, 5.41) is 15.1. The Kier molecular flexibility index (Phi) is 3.71. The van der Waals surface area contributed by atoms with E-state index in [4.69, 9.17) is 0 Å². The zero-order valence-electron chi connectivity index (χ0n) is 11.8. The van der Waals surface area contributed by atoms with Crippen LogP contribution in [-0.2, 0) is 0 Å². The number of anilines is 1. The molecule has 1 N–H and O–H groups in total. The molecular formula is C15H17N3O2S. The number of non-ortho nitro benzene ring substituents is 1. The van der Waals surface area contributed by atoms with Gasteiger partial charge in [0.2, 0.25) is 0 Å². The molecule has 1 atom stereocenters. The van der Waals surface area contributed by atoms with E-state index in [0.717, 1.165) is 12.2 Å². The number of nitrogens with zero attached hydrogens (tertiary/aromatic N) is 2. The van der Waals surface area contributed by atoms with Gasteiger partial charge in [0.15, 0.2) is 0 Å². The number of hydrogen-bond acceptors (Lipinski definition) is 5. The van der Waals surface area contributed by atoms with Crippen LogP contribution in [0.15, 0.2) is 30.5 Å². The molecular weight excluding hydrogens is 286 g/mol. The van der Waals surface area contributed by atoms with E-state index in [1.807, 2.05) is 11.8 Å². The van der Waals surface area contributed by atoms with Crippen LogP contribution < -0.4 is 5.32 Å². The molecule has 5 nitrogen and oxygen atoms in total. The third kappa shape index (κ3) is 2.81. The SMILES string of the molecule is CC1(CNc2ccc([N+](=O)[O-])c3cccnc23)CCCS1. The molecule has 1 aromatic carbocycles. The molecule has 1 aliphatic rings. The fourth-order valence-corrected chi connectivity index (χ4v) is 3.96. The van der Waals surface area contributed by atoms with E-state index in [0.29, 0.717) is 10.9 Å². The summed E-state index contributed by atoms with van der Waals surface area (Å²) < 4.78 is 0.239. The summed E-state index contributed by atoms with van der Waals surface area (Å²) in [6.07, 6.45) is 4.12. The van der Waals surface area contributed by atoms with Gasteiger partial charge in [0.25, 0.3) is 5.69 Å². The minimum absolute atomic E-state index is 0.102. The summed E-state index contributed by atoms with van der Waals surface area (Å²) >= 11 is 1.99. The molecule has 6 heteroatoms. The van der Waals surface area contributed by atoms with Gasteiger partial charge in [-0.15, -0.1) is 0 Å². The van der Waals surface area contributed by atoms with E-state index in [1.54, 1.807) is 30.5 Å². The maximum absolute atomic E-state index is 11.1. The van der Waals surface area contributed by atoms with Gasteiger partial charge in [-0.05, 0) is 43.7 Å². The quantitative estimate of drug-likeness (QED) is 0.686. The summed E-state index contributed by atoms with van der Waals surface area (Å²) in [5.41, 5.74) is 1.63. The second kappa shape index (κ2) is 5.52. The third-order valence-corrected chi connectivity index (χ3v) is 5.43. The van der Waals surface area contributed by atoms with E-state index in [9.17, 15) is 10.1 Å². The molecule has 0 amide bonds. The van der Waals surface area contributed by atoms with E-state index in [-0.39, 0.29) is 15.4 Å². The Morgan fingerprint density at radius 3 is 3.05 bits per heavy atom. The van der Waals surface area contributed by atoms with Crippen LogP contribution >= 0.6 is 11.8 Å². The molecule has 1 unspecified atom stereocenters. The molecule has 3 rings (SSSR count). The van der Waals surface area contributed by atoms with Gasteiger partial charge in [-0.1, -0.05) is 0 Å². The highest BCUT2D eigenvalue weighted by atomic mass is 32.2. The summed E-state index contributed by atoms with van der Waals surface area (Å²) in [6, 6.07) is 6.79. The number of aromatic nitrogens is 1. The molecule has 2 aromatic rings. The number of benzene rings is 1. The lowest BCUT2D eigenvalue weighted by Crippen LogP contribution is -2.27. The van der Waals surface area contributed by atoms with Crippen molar-refractivity contribution in [3.63, 3.8) is 0 Å². The van der Waals surface area contributed by atoms with E-state index >= 15 is 0 Å². The lowest BCUT2D eigenvalue weighted by atomic mass is 10.1. The van der Waals surface area contributed by atoms with Gasteiger partial charge in [-0.25, -0.2) is 0 Å². The average Bonchev–Trinajstić information content (AvgIpc) is 2.91. The molecule has 1 fully saturated rings. The summed E-state index contributed by atoms with van der Waals surface area (Å²) in [4.78, 5) is 15.1. The van der Waals surface area contributed by atoms with Crippen molar-refractivity contribution in [1.82, 2.24) is 4.98 Å². The van der Waals surface area contributed by atoms with Crippen molar-refractivity contribution in [1.29, 1.82) is 0 Å². The Bertz CT molecular complexity index is 684. The number of nitro groups is 1. The van der Waals surface area contributed by atoms with E-state index in [2.05, 4.69) is 17.2 Å². The first-order valence-electron chi connectivity index (χ1n) is 6.99. The Hall–Kier alpha value is -1.82. The molecule has 0 saturated carbocycles. The van der Waals surface area contributed by atoms with Gasteiger partial charge in [-0.3, -0.25) is 15.1 Å². The van der Waals surface area contributed by atoms with Gasteiger partial charge in [0, 0.05) is 23.6 Å². The van der Waals surface area contributed by atoms with Crippen molar-refractivity contribution in [2.45, 2.75) is 24.5 Å². The molecule has 0 radical (unpaired) electrons. The Morgan fingerprint density at radius 1 is 1.48 bits per heavy atom. The van der Waals surface area contributed by atoms with Gasteiger partial charge in [0.1, 0.15) is 5.52 Å². The predicted molar refractivity (Wildman–Crippen MR) is 87.0 cm³/mol. The molecule has 1 aliphatic heterocycles. The maximum atomic E-state index is 11.1. The molecule has 110 valence electrons. The lowest BCUT2D eigenvalue weighted by molar-refractivity contribution is -0.383. The summed E-state index contributed by atoms with van der Waals surface area (Å²) in [5.74, 6) is 1.21. The largest absolute Gasteiger partial charge is 0.382 e. The third-order valence-electron chi connectivity index (χ3n) is 3.90. The number of hydrogen-bond donors (Lipinski definition) is 1. The topological polar surface area (TPSA) is 68.1 Å². The maximum Gasteiger partial charge on any atom is 0.278 e. The first kappa shape index (κ1) is 14.1. The van der Waals surface area contributed by atoms with Gasteiger partial charge < -0.3 is 5.32 Å².